The van der Waals surface area contributed by atoms with Crippen LogP contribution in [0.1, 0.15) is 24.2 Å². The Kier molecular flexibility index (Phi) is 4.68. The molecule has 1 amide bonds. The number of aromatic amines is 1. The topological polar surface area (TPSA) is 48.6 Å². The molecule has 1 fully saturated rings. The summed E-state index contributed by atoms with van der Waals surface area (Å²) in [7, 11) is 1.87. The van der Waals surface area contributed by atoms with Crippen LogP contribution in [0.25, 0.3) is 10.9 Å². The van der Waals surface area contributed by atoms with Crippen molar-refractivity contribution in [1.29, 1.82) is 0 Å². The summed E-state index contributed by atoms with van der Waals surface area (Å²) < 4.78 is 5.75. The molecule has 23 heavy (non-hydrogen) atoms. The highest BCUT2D eigenvalue weighted by Crippen LogP contribution is 2.16. The average molecular weight is 315 g/mol. The molecule has 0 spiro atoms. The Morgan fingerprint density at radius 1 is 1.30 bits per heavy atom. The largest absolute Gasteiger partial charge is 0.373 e. The fraction of sp³-hybridized carbons (Fsp3) is 0.500. The maximum atomic E-state index is 12.6. The quantitative estimate of drug-likeness (QED) is 0.942. The Morgan fingerprint density at radius 3 is 2.78 bits per heavy atom. The number of morpholine rings is 1. The van der Waals surface area contributed by atoms with Crippen molar-refractivity contribution in [3.05, 3.63) is 36.0 Å². The van der Waals surface area contributed by atoms with Gasteiger partial charge in [0.1, 0.15) is 0 Å². The molecule has 0 saturated carbocycles. The van der Waals surface area contributed by atoms with E-state index in [0.29, 0.717) is 0 Å². The van der Waals surface area contributed by atoms with Gasteiger partial charge in [-0.25, -0.2) is 0 Å². The van der Waals surface area contributed by atoms with Crippen molar-refractivity contribution in [2.24, 2.45) is 0 Å². The maximum absolute atomic E-state index is 12.6. The smallest absolute Gasteiger partial charge is 0.253 e. The molecule has 1 saturated heterocycles. The molecule has 0 bridgehead atoms. The zero-order valence-electron chi connectivity index (χ0n) is 14.1. The molecule has 1 aliphatic rings. The number of hydrogen-bond acceptors (Lipinski definition) is 3. The van der Waals surface area contributed by atoms with E-state index in [1.54, 1.807) is 4.90 Å². The first-order valence-electron chi connectivity index (χ1n) is 8.23. The number of ether oxygens (including phenoxy) is 1. The molecule has 124 valence electrons. The van der Waals surface area contributed by atoms with Crippen molar-refractivity contribution in [3.8, 4) is 0 Å². The fourth-order valence-electron chi connectivity index (χ4n) is 3.27. The molecule has 3 rings (SSSR count). The summed E-state index contributed by atoms with van der Waals surface area (Å²) in [6.45, 7) is 7.67. The summed E-state index contributed by atoms with van der Waals surface area (Å²) >= 11 is 0. The van der Waals surface area contributed by atoms with E-state index in [1.165, 1.54) is 0 Å². The van der Waals surface area contributed by atoms with Crippen LogP contribution in [-0.2, 0) is 4.74 Å². The molecule has 0 aliphatic carbocycles. The predicted octanol–water partition coefficient (Wildman–Crippen LogP) is 2.35. The summed E-state index contributed by atoms with van der Waals surface area (Å²) in [6, 6.07) is 7.78. The lowest BCUT2D eigenvalue weighted by atomic mass is 10.1. The number of fused-ring (bicyclic) bond motifs is 1. The first-order chi connectivity index (χ1) is 11.0. The molecule has 1 aromatic carbocycles. The van der Waals surface area contributed by atoms with E-state index in [1.807, 2.05) is 37.5 Å². The predicted molar refractivity (Wildman–Crippen MR) is 91.7 cm³/mol. The first kappa shape index (κ1) is 16.0. The van der Waals surface area contributed by atoms with Gasteiger partial charge in [0.2, 0.25) is 0 Å². The van der Waals surface area contributed by atoms with Crippen LogP contribution in [-0.4, -0.2) is 66.1 Å². The highest BCUT2D eigenvalue weighted by atomic mass is 16.5. The maximum Gasteiger partial charge on any atom is 0.253 e. The van der Waals surface area contributed by atoms with Crippen molar-refractivity contribution < 1.29 is 9.53 Å². The Bertz CT molecular complexity index is 672. The van der Waals surface area contributed by atoms with Gasteiger partial charge < -0.3 is 14.6 Å². The number of H-pyrrole nitrogens is 1. The van der Waals surface area contributed by atoms with Gasteiger partial charge in [0.25, 0.3) is 5.91 Å². The zero-order chi connectivity index (χ0) is 16.4. The van der Waals surface area contributed by atoms with Crippen molar-refractivity contribution in [2.75, 3.05) is 33.2 Å². The van der Waals surface area contributed by atoms with Crippen LogP contribution < -0.4 is 0 Å². The van der Waals surface area contributed by atoms with Crippen LogP contribution in [0.4, 0.5) is 0 Å². The van der Waals surface area contributed by atoms with Crippen LogP contribution in [0, 0.1) is 0 Å². The number of amides is 1. The van der Waals surface area contributed by atoms with E-state index in [2.05, 4.69) is 23.7 Å². The molecular weight excluding hydrogens is 290 g/mol. The van der Waals surface area contributed by atoms with Gasteiger partial charge in [0.15, 0.2) is 0 Å². The van der Waals surface area contributed by atoms with E-state index in [4.69, 9.17) is 4.74 Å². The first-order valence-corrected chi connectivity index (χ1v) is 8.23. The van der Waals surface area contributed by atoms with E-state index < -0.39 is 0 Å². The van der Waals surface area contributed by atoms with Crippen LogP contribution >= 0.6 is 0 Å². The molecule has 1 aromatic heterocycles. The minimum atomic E-state index is 0.0717. The lowest BCUT2D eigenvalue weighted by molar-refractivity contribution is -0.0685. The number of nitrogens with one attached hydrogen (secondary N) is 1. The molecule has 5 nitrogen and oxygen atoms in total. The number of likely N-dealkylation sites (N-methyl/N-ethyl adjacent to an activating group) is 1. The minimum Gasteiger partial charge on any atom is -0.373 e. The highest BCUT2D eigenvalue weighted by molar-refractivity contribution is 5.97. The minimum absolute atomic E-state index is 0.0717. The SMILES string of the molecule is C[C@@H]1CN(CCN(C)C(=O)c2ccc3[nH]ccc3c2)C[C@H](C)O1. The van der Waals surface area contributed by atoms with Gasteiger partial charge >= 0.3 is 0 Å². The number of hydrogen-bond donors (Lipinski definition) is 1. The van der Waals surface area contributed by atoms with Crippen molar-refractivity contribution in [1.82, 2.24) is 14.8 Å². The monoisotopic (exact) mass is 315 g/mol. The summed E-state index contributed by atoms with van der Waals surface area (Å²) in [4.78, 5) is 19.9. The number of aromatic nitrogens is 1. The summed E-state index contributed by atoms with van der Waals surface area (Å²) in [5.41, 5.74) is 1.80. The lowest BCUT2D eigenvalue weighted by Gasteiger charge is -2.36. The van der Waals surface area contributed by atoms with Crippen LogP contribution in [0.5, 0.6) is 0 Å². The van der Waals surface area contributed by atoms with Crippen LogP contribution in [0.3, 0.4) is 0 Å². The lowest BCUT2D eigenvalue weighted by Crippen LogP contribution is -2.48. The molecule has 0 radical (unpaired) electrons. The van der Waals surface area contributed by atoms with Gasteiger partial charge in [-0.3, -0.25) is 9.69 Å². The third-order valence-corrected chi connectivity index (χ3v) is 4.39. The van der Waals surface area contributed by atoms with Gasteiger partial charge in [0.05, 0.1) is 12.2 Å². The third-order valence-electron chi connectivity index (χ3n) is 4.39. The summed E-state index contributed by atoms with van der Waals surface area (Å²) in [6.07, 6.45) is 2.41. The number of benzene rings is 1. The molecule has 2 aromatic rings. The Hall–Kier alpha value is -1.85. The van der Waals surface area contributed by atoms with E-state index in [9.17, 15) is 4.79 Å². The van der Waals surface area contributed by atoms with Gasteiger partial charge in [-0.15, -0.1) is 0 Å². The van der Waals surface area contributed by atoms with Crippen molar-refractivity contribution in [2.45, 2.75) is 26.1 Å². The van der Waals surface area contributed by atoms with E-state index >= 15 is 0 Å². The second kappa shape index (κ2) is 6.72. The summed E-state index contributed by atoms with van der Waals surface area (Å²) in [5.74, 6) is 0.0717. The van der Waals surface area contributed by atoms with E-state index in [0.717, 1.165) is 42.6 Å². The highest BCUT2D eigenvalue weighted by Gasteiger charge is 2.22. The van der Waals surface area contributed by atoms with E-state index in [-0.39, 0.29) is 18.1 Å². The summed E-state index contributed by atoms with van der Waals surface area (Å²) in [5, 5.41) is 1.07. The Balaban J connectivity index is 1.58. The average Bonchev–Trinajstić information content (AvgIpc) is 2.98. The Morgan fingerprint density at radius 2 is 2.04 bits per heavy atom. The normalized spacial score (nSPS) is 22.4. The number of rotatable bonds is 4. The van der Waals surface area contributed by atoms with Gasteiger partial charge in [-0.05, 0) is 38.1 Å². The standard InChI is InChI=1S/C18H25N3O2/c1-13-11-21(12-14(2)23-13)9-8-20(3)18(22)16-4-5-17-15(10-16)6-7-19-17/h4-7,10,13-14,19H,8-9,11-12H2,1-3H3/t13-,14+. The molecule has 1 aliphatic heterocycles. The van der Waals surface area contributed by atoms with Crippen LogP contribution in [0.2, 0.25) is 0 Å². The van der Waals surface area contributed by atoms with Gasteiger partial charge in [-0.1, -0.05) is 0 Å². The fourth-order valence-corrected chi connectivity index (χ4v) is 3.27. The van der Waals surface area contributed by atoms with Gasteiger partial charge in [-0.2, -0.15) is 0 Å². The second-order valence-corrected chi connectivity index (χ2v) is 6.52. The molecule has 5 heteroatoms. The Labute approximate surface area is 137 Å². The molecule has 0 unspecified atom stereocenters. The third kappa shape index (κ3) is 3.74. The number of nitrogens with zero attached hydrogens (tertiary/aromatic N) is 2. The van der Waals surface area contributed by atoms with Crippen molar-refractivity contribution >= 4 is 16.8 Å². The zero-order valence-corrected chi connectivity index (χ0v) is 14.1. The number of carbonyl (C=O) groups excluding carboxylic acids is 1. The van der Waals surface area contributed by atoms with Gasteiger partial charge in [0, 0.05) is 55.9 Å². The molecular formula is C18H25N3O2. The van der Waals surface area contributed by atoms with Crippen LogP contribution in [0.15, 0.2) is 30.5 Å². The second-order valence-electron chi connectivity index (χ2n) is 6.52. The molecule has 1 N–H and O–H groups in total. The molecule has 2 atom stereocenters. The number of carbonyl (C=O) groups is 1. The molecule has 2 heterocycles. The van der Waals surface area contributed by atoms with Crippen molar-refractivity contribution in [3.63, 3.8) is 0 Å².